The average Bonchev–Trinajstić information content (AvgIpc) is 2.65. The van der Waals surface area contributed by atoms with Crippen LogP contribution in [0.25, 0.3) is 10.9 Å². The van der Waals surface area contributed by atoms with E-state index >= 15 is 0 Å². The van der Waals surface area contributed by atoms with Crippen LogP contribution in [0.1, 0.15) is 39.7 Å². The molecule has 1 saturated heterocycles. The predicted octanol–water partition coefficient (Wildman–Crippen LogP) is 3.47. The van der Waals surface area contributed by atoms with Crippen molar-refractivity contribution in [1.29, 1.82) is 0 Å². The fraction of sp³-hybridized carbons (Fsp3) is 0.438. The van der Waals surface area contributed by atoms with Crippen molar-refractivity contribution < 1.29 is 18.1 Å². The van der Waals surface area contributed by atoms with Crippen LogP contribution in [0.15, 0.2) is 30.5 Å². The van der Waals surface area contributed by atoms with Gasteiger partial charge in [0.15, 0.2) is 0 Å². The van der Waals surface area contributed by atoms with Crippen molar-refractivity contribution in [3.63, 3.8) is 0 Å². The third-order valence-electron chi connectivity index (χ3n) is 4.58. The monoisotopic (exact) mass is 305 g/mol. The van der Waals surface area contributed by atoms with E-state index in [1.54, 1.807) is 18.2 Å². The van der Waals surface area contributed by atoms with Crippen LogP contribution in [0.4, 0.5) is 8.78 Å². The van der Waals surface area contributed by atoms with Crippen LogP contribution < -0.4 is 5.46 Å². The Morgan fingerprint density at radius 1 is 1.05 bits per heavy atom. The van der Waals surface area contributed by atoms with E-state index in [2.05, 4.69) is 4.98 Å². The van der Waals surface area contributed by atoms with Crippen molar-refractivity contribution in [1.82, 2.24) is 4.98 Å². The molecule has 0 unspecified atom stereocenters. The van der Waals surface area contributed by atoms with Gasteiger partial charge in [-0.25, -0.2) is 8.78 Å². The number of pyridine rings is 1. The highest BCUT2D eigenvalue weighted by Gasteiger charge is 2.52. The molecular formula is C16H18BF2NO2. The number of fused-ring (bicyclic) bond motifs is 1. The van der Waals surface area contributed by atoms with Gasteiger partial charge in [-0.05, 0) is 39.2 Å². The Labute approximate surface area is 128 Å². The summed E-state index contributed by atoms with van der Waals surface area (Å²) in [4.78, 5) is 4.12. The summed E-state index contributed by atoms with van der Waals surface area (Å²) in [6.45, 7) is 7.84. The standard InChI is InChI=1S/C16H18BF2NO2/c1-15(2)16(3,4)22-17(21-15)12-8-7-11(14(18)19)13-10(12)6-5-9-20-13/h5-9,14H,1-4H3. The van der Waals surface area contributed by atoms with E-state index in [9.17, 15) is 8.78 Å². The highest BCUT2D eigenvalue weighted by atomic mass is 19.3. The second-order valence-electron chi connectivity index (χ2n) is 6.53. The minimum atomic E-state index is -2.57. The molecule has 0 spiro atoms. The van der Waals surface area contributed by atoms with Crippen LogP contribution in [0.3, 0.4) is 0 Å². The molecule has 22 heavy (non-hydrogen) atoms. The molecule has 2 aromatic rings. The van der Waals surface area contributed by atoms with E-state index in [4.69, 9.17) is 9.31 Å². The molecule has 0 amide bonds. The minimum absolute atomic E-state index is 0.0733. The molecule has 6 heteroatoms. The molecule has 1 aromatic carbocycles. The molecule has 0 bridgehead atoms. The zero-order valence-corrected chi connectivity index (χ0v) is 13.1. The van der Waals surface area contributed by atoms with Crippen LogP contribution in [-0.2, 0) is 9.31 Å². The van der Waals surface area contributed by atoms with Crippen molar-refractivity contribution in [2.24, 2.45) is 0 Å². The molecule has 1 aliphatic rings. The Kier molecular flexibility index (Phi) is 3.49. The number of nitrogens with zero attached hydrogens (tertiary/aromatic N) is 1. The van der Waals surface area contributed by atoms with Crippen molar-refractivity contribution >= 4 is 23.5 Å². The molecule has 2 heterocycles. The van der Waals surface area contributed by atoms with Gasteiger partial charge in [-0.2, -0.15) is 0 Å². The lowest BCUT2D eigenvalue weighted by molar-refractivity contribution is 0.00578. The largest absolute Gasteiger partial charge is 0.495 e. The van der Waals surface area contributed by atoms with E-state index in [-0.39, 0.29) is 5.56 Å². The van der Waals surface area contributed by atoms with Gasteiger partial charge in [0.2, 0.25) is 0 Å². The predicted molar refractivity (Wildman–Crippen MR) is 82.4 cm³/mol. The molecule has 3 rings (SSSR count). The second-order valence-corrected chi connectivity index (χ2v) is 6.53. The third-order valence-corrected chi connectivity index (χ3v) is 4.58. The van der Waals surface area contributed by atoms with E-state index < -0.39 is 24.7 Å². The first kappa shape index (κ1) is 15.4. The molecule has 0 aliphatic carbocycles. The van der Waals surface area contributed by atoms with Crippen LogP contribution in [-0.4, -0.2) is 23.3 Å². The molecule has 3 nitrogen and oxygen atoms in total. The summed E-state index contributed by atoms with van der Waals surface area (Å²) < 4.78 is 38.3. The summed E-state index contributed by atoms with van der Waals surface area (Å²) in [6.07, 6.45) is -1.05. The van der Waals surface area contributed by atoms with Gasteiger partial charge in [0, 0.05) is 17.1 Å². The summed E-state index contributed by atoms with van der Waals surface area (Å²) in [7, 11) is -0.594. The maximum Gasteiger partial charge on any atom is 0.495 e. The lowest BCUT2D eigenvalue weighted by Crippen LogP contribution is -2.41. The fourth-order valence-electron chi connectivity index (χ4n) is 2.57. The lowest BCUT2D eigenvalue weighted by Gasteiger charge is -2.32. The van der Waals surface area contributed by atoms with Crippen molar-refractivity contribution in [2.75, 3.05) is 0 Å². The summed E-state index contributed by atoms with van der Waals surface area (Å²) in [5, 5.41) is 0.638. The first-order valence-corrected chi connectivity index (χ1v) is 7.24. The first-order chi connectivity index (χ1) is 10.2. The molecule has 0 radical (unpaired) electrons. The van der Waals surface area contributed by atoms with Crippen molar-refractivity contribution in [2.45, 2.75) is 45.3 Å². The summed E-state index contributed by atoms with van der Waals surface area (Å²) in [5.41, 5.74) is -0.00650. The van der Waals surface area contributed by atoms with Gasteiger partial charge in [0.25, 0.3) is 6.43 Å². The summed E-state index contributed by atoms with van der Waals surface area (Å²) >= 11 is 0. The normalized spacial score (nSPS) is 20.0. The number of halogens is 2. The van der Waals surface area contributed by atoms with Crippen LogP contribution in [0, 0.1) is 0 Å². The Balaban J connectivity index is 2.12. The van der Waals surface area contributed by atoms with E-state index in [1.165, 1.54) is 12.3 Å². The molecule has 0 N–H and O–H groups in total. The number of hydrogen-bond acceptors (Lipinski definition) is 3. The van der Waals surface area contributed by atoms with Crippen LogP contribution >= 0.6 is 0 Å². The van der Waals surface area contributed by atoms with Gasteiger partial charge >= 0.3 is 7.12 Å². The van der Waals surface area contributed by atoms with Gasteiger partial charge in [0.05, 0.1) is 16.7 Å². The maximum absolute atomic E-state index is 13.1. The maximum atomic E-state index is 13.1. The number of rotatable bonds is 2. The Bertz CT molecular complexity index is 702. The van der Waals surface area contributed by atoms with E-state index in [0.29, 0.717) is 10.9 Å². The second kappa shape index (κ2) is 5.00. The molecule has 1 aliphatic heterocycles. The molecule has 0 saturated carbocycles. The zero-order chi connectivity index (χ0) is 16.1. The number of hydrogen-bond donors (Lipinski definition) is 0. The SMILES string of the molecule is CC1(C)OB(c2ccc(C(F)F)c3ncccc23)OC1(C)C. The quantitative estimate of drug-likeness (QED) is 0.796. The third kappa shape index (κ3) is 2.30. The zero-order valence-electron chi connectivity index (χ0n) is 13.1. The van der Waals surface area contributed by atoms with Crippen LogP contribution in [0.5, 0.6) is 0 Å². The number of benzene rings is 1. The highest BCUT2D eigenvalue weighted by Crippen LogP contribution is 2.37. The topological polar surface area (TPSA) is 31.4 Å². The van der Waals surface area contributed by atoms with Gasteiger partial charge in [-0.15, -0.1) is 0 Å². The average molecular weight is 305 g/mol. The minimum Gasteiger partial charge on any atom is -0.399 e. The molecule has 116 valence electrons. The van der Waals surface area contributed by atoms with Gasteiger partial charge in [-0.1, -0.05) is 18.2 Å². The molecule has 0 atom stereocenters. The van der Waals surface area contributed by atoms with Gasteiger partial charge in [-0.3, -0.25) is 4.98 Å². The molecule has 1 fully saturated rings. The van der Waals surface area contributed by atoms with E-state index in [1.807, 2.05) is 27.7 Å². The van der Waals surface area contributed by atoms with Gasteiger partial charge in [0.1, 0.15) is 0 Å². The fourth-order valence-corrected chi connectivity index (χ4v) is 2.57. The Morgan fingerprint density at radius 2 is 1.68 bits per heavy atom. The number of alkyl halides is 2. The Hall–Kier alpha value is -1.53. The van der Waals surface area contributed by atoms with E-state index in [0.717, 1.165) is 5.46 Å². The van der Waals surface area contributed by atoms with Crippen molar-refractivity contribution in [3.05, 3.63) is 36.0 Å². The summed E-state index contributed by atoms with van der Waals surface area (Å²) in [6, 6.07) is 6.55. The Morgan fingerprint density at radius 3 is 2.27 bits per heavy atom. The summed E-state index contributed by atoms with van der Waals surface area (Å²) in [5.74, 6) is 0. The van der Waals surface area contributed by atoms with Gasteiger partial charge < -0.3 is 9.31 Å². The molecule has 1 aromatic heterocycles. The highest BCUT2D eigenvalue weighted by molar-refractivity contribution is 6.65. The number of aromatic nitrogens is 1. The molecular weight excluding hydrogens is 287 g/mol. The smallest absolute Gasteiger partial charge is 0.399 e. The van der Waals surface area contributed by atoms with Crippen molar-refractivity contribution in [3.8, 4) is 0 Å². The van der Waals surface area contributed by atoms with Crippen LogP contribution in [0.2, 0.25) is 0 Å². The first-order valence-electron chi connectivity index (χ1n) is 7.24. The lowest BCUT2D eigenvalue weighted by atomic mass is 9.76.